The number of hydrogen-bond donors (Lipinski definition) is 4. The van der Waals surface area contributed by atoms with Crippen LogP contribution in [0, 0.1) is 0 Å². The molecule has 12 heteroatoms. The summed E-state index contributed by atoms with van der Waals surface area (Å²) in [6, 6.07) is 11.5. The van der Waals surface area contributed by atoms with Gasteiger partial charge in [-0.2, -0.15) is 0 Å². The lowest BCUT2D eigenvalue weighted by Gasteiger charge is -2.20. The SMILES string of the molecule is CC(C)(C)c1ccc(OCC(=O)NNC(=O)CCCCCCCC(=O)NNC(=O)COc2ccc(C(C)(C)C)cc2Br)c(Br)c1. The van der Waals surface area contributed by atoms with E-state index in [1.165, 1.54) is 0 Å². The molecule has 0 aromatic heterocycles. The molecular formula is C33H46Br2N4O6. The van der Waals surface area contributed by atoms with Crippen LogP contribution in [0.1, 0.15) is 97.6 Å². The molecule has 2 aromatic rings. The van der Waals surface area contributed by atoms with E-state index >= 15 is 0 Å². The Kier molecular flexibility index (Phi) is 15.3. The van der Waals surface area contributed by atoms with Crippen LogP contribution in [-0.2, 0) is 30.0 Å². The van der Waals surface area contributed by atoms with Crippen LogP contribution < -0.4 is 31.2 Å². The van der Waals surface area contributed by atoms with Gasteiger partial charge in [0.15, 0.2) is 13.2 Å². The monoisotopic (exact) mass is 752 g/mol. The predicted octanol–water partition coefficient (Wildman–Crippen LogP) is 6.29. The molecule has 0 spiro atoms. The lowest BCUT2D eigenvalue weighted by Crippen LogP contribution is -2.43. The van der Waals surface area contributed by atoms with Crippen molar-refractivity contribution >= 4 is 55.5 Å². The minimum Gasteiger partial charge on any atom is -0.483 e. The molecule has 0 atom stereocenters. The van der Waals surface area contributed by atoms with Crippen molar-refractivity contribution in [2.75, 3.05) is 13.2 Å². The number of amides is 4. The highest BCUT2D eigenvalue weighted by Gasteiger charge is 2.17. The van der Waals surface area contributed by atoms with E-state index in [1.807, 2.05) is 36.4 Å². The van der Waals surface area contributed by atoms with Crippen LogP contribution in [0.2, 0.25) is 0 Å². The highest BCUT2D eigenvalue weighted by molar-refractivity contribution is 9.10. The Hall–Kier alpha value is -3.12. The zero-order valence-corrected chi connectivity index (χ0v) is 30.2. The van der Waals surface area contributed by atoms with Gasteiger partial charge in [-0.15, -0.1) is 0 Å². The molecular weight excluding hydrogens is 708 g/mol. The van der Waals surface area contributed by atoms with Crippen LogP contribution in [0.3, 0.4) is 0 Å². The summed E-state index contributed by atoms with van der Waals surface area (Å²) < 4.78 is 12.6. The third kappa shape index (κ3) is 14.7. The van der Waals surface area contributed by atoms with Crippen LogP contribution in [0.15, 0.2) is 45.3 Å². The summed E-state index contributed by atoms with van der Waals surface area (Å²) >= 11 is 6.95. The van der Waals surface area contributed by atoms with E-state index in [0.29, 0.717) is 24.3 Å². The Morgan fingerprint density at radius 2 is 0.889 bits per heavy atom. The van der Waals surface area contributed by atoms with Gasteiger partial charge < -0.3 is 9.47 Å². The number of hydrazine groups is 2. The van der Waals surface area contributed by atoms with Crippen molar-refractivity contribution in [2.24, 2.45) is 0 Å². The molecule has 0 aliphatic carbocycles. The lowest BCUT2D eigenvalue weighted by molar-refractivity contribution is -0.130. The largest absolute Gasteiger partial charge is 0.483 e. The first kappa shape index (κ1) is 38.1. The number of carbonyl (C=O) groups is 4. The van der Waals surface area contributed by atoms with E-state index in [9.17, 15) is 19.2 Å². The minimum absolute atomic E-state index is 0.00468. The fraction of sp³-hybridized carbons (Fsp3) is 0.515. The molecule has 0 saturated carbocycles. The molecule has 0 saturated heterocycles. The quantitative estimate of drug-likeness (QED) is 0.132. The molecule has 45 heavy (non-hydrogen) atoms. The van der Waals surface area contributed by atoms with Crippen molar-refractivity contribution in [3.8, 4) is 11.5 Å². The smallest absolute Gasteiger partial charge is 0.276 e. The van der Waals surface area contributed by atoms with Crippen LogP contribution in [-0.4, -0.2) is 36.8 Å². The number of nitrogens with one attached hydrogen (secondary N) is 4. The molecule has 0 fully saturated rings. The van der Waals surface area contributed by atoms with Gasteiger partial charge in [-0.05, 0) is 90.9 Å². The van der Waals surface area contributed by atoms with Crippen molar-refractivity contribution in [2.45, 2.75) is 97.3 Å². The van der Waals surface area contributed by atoms with Crippen LogP contribution in [0.4, 0.5) is 0 Å². The van der Waals surface area contributed by atoms with E-state index in [1.54, 1.807) is 0 Å². The predicted molar refractivity (Wildman–Crippen MR) is 182 cm³/mol. The van der Waals surface area contributed by atoms with Crippen LogP contribution in [0.5, 0.6) is 11.5 Å². The summed E-state index contributed by atoms with van der Waals surface area (Å²) in [4.78, 5) is 48.2. The van der Waals surface area contributed by atoms with Gasteiger partial charge in [0, 0.05) is 12.8 Å². The topological polar surface area (TPSA) is 135 Å². The average Bonchev–Trinajstić information content (AvgIpc) is 2.96. The van der Waals surface area contributed by atoms with Gasteiger partial charge in [0.2, 0.25) is 11.8 Å². The Balaban J connectivity index is 1.49. The molecule has 248 valence electrons. The van der Waals surface area contributed by atoms with Crippen molar-refractivity contribution < 1.29 is 28.7 Å². The number of ether oxygens (including phenoxy) is 2. The number of rotatable bonds is 14. The molecule has 2 rings (SSSR count). The fourth-order valence-corrected chi connectivity index (χ4v) is 5.02. The van der Waals surface area contributed by atoms with E-state index in [2.05, 4.69) is 95.1 Å². The number of halogens is 2. The number of benzene rings is 2. The summed E-state index contributed by atoms with van der Waals surface area (Å²) in [7, 11) is 0. The maximum atomic E-state index is 12.1. The van der Waals surface area contributed by atoms with Crippen LogP contribution in [0.25, 0.3) is 0 Å². The summed E-state index contributed by atoms with van der Waals surface area (Å²) in [6.45, 7) is 12.2. The molecule has 10 nitrogen and oxygen atoms in total. The van der Waals surface area contributed by atoms with Gasteiger partial charge in [0.1, 0.15) is 11.5 Å². The standard InChI is InChI=1S/C33H46Br2N4O6/c1-32(2,3)22-14-16-26(24(34)18-22)44-20-30(42)38-36-28(40)12-10-8-7-9-11-13-29(41)37-39-31(43)21-45-27-17-15-23(19-25(27)35)33(4,5)6/h14-19H,7-13,20-21H2,1-6H3,(H,36,40)(H,37,41)(H,38,42)(H,39,43). The van der Waals surface area contributed by atoms with Gasteiger partial charge in [-0.25, -0.2) is 0 Å². The van der Waals surface area contributed by atoms with Crippen molar-refractivity contribution in [1.82, 2.24) is 21.7 Å². The Morgan fingerprint density at radius 1 is 0.556 bits per heavy atom. The highest BCUT2D eigenvalue weighted by Crippen LogP contribution is 2.32. The first-order chi connectivity index (χ1) is 21.1. The second-order valence-corrected chi connectivity index (χ2v) is 14.5. The zero-order valence-electron chi connectivity index (χ0n) is 27.0. The third-order valence-electron chi connectivity index (χ3n) is 6.80. The lowest BCUT2D eigenvalue weighted by atomic mass is 9.87. The van der Waals surface area contributed by atoms with Crippen LogP contribution >= 0.6 is 31.9 Å². The van der Waals surface area contributed by atoms with E-state index in [-0.39, 0.29) is 48.7 Å². The molecule has 2 aromatic carbocycles. The van der Waals surface area contributed by atoms with E-state index < -0.39 is 11.8 Å². The Morgan fingerprint density at radius 3 is 1.22 bits per heavy atom. The molecule has 0 aliphatic heterocycles. The number of carbonyl (C=O) groups excluding carboxylic acids is 4. The molecule has 0 aliphatic rings. The van der Waals surface area contributed by atoms with Crippen molar-refractivity contribution in [3.05, 3.63) is 56.5 Å². The van der Waals surface area contributed by atoms with Gasteiger partial charge in [-0.1, -0.05) is 72.9 Å². The average molecular weight is 755 g/mol. The maximum Gasteiger partial charge on any atom is 0.276 e. The number of unbranched alkanes of at least 4 members (excludes halogenated alkanes) is 4. The summed E-state index contributed by atoms with van der Waals surface area (Å²) in [5.74, 6) is -0.404. The third-order valence-corrected chi connectivity index (χ3v) is 8.04. The van der Waals surface area contributed by atoms with Gasteiger partial charge in [0.25, 0.3) is 11.8 Å². The summed E-state index contributed by atoms with van der Waals surface area (Å²) in [6.07, 6.45) is 4.33. The van der Waals surface area contributed by atoms with E-state index in [0.717, 1.165) is 39.3 Å². The fourth-order valence-electron chi connectivity index (χ4n) is 4.03. The minimum atomic E-state index is -0.462. The second kappa shape index (κ2) is 18.1. The van der Waals surface area contributed by atoms with Gasteiger partial charge in [-0.3, -0.25) is 40.9 Å². The Bertz CT molecular complexity index is 1220. The first-order valence-corrected chi connectivity index (χ1v) is 16.7. The zero-order chi connectivity index (χ0) is 33.6. The molecule has 0 unspecified atom stereocenters. The molecule has 0 bridgehead atoms. The highest BCUT2D eigenvalue weighted by atomic mass is 79.9. The van der Waals surface area contributed by atoms with Gasteiger partial charge >= 0.3 is 0 Å². The number of hydrogen-bond acceptors (Lipinski definition) is 6. The molecule has 4 amide bonds. The summed E-state index contributed by atoms with van der Waals surface area (Å²) in [5.41, 5.74) is 11.8. The normalized spacial score (nSPS) is 11.4. The van der Waals surface area contributed by atoms with Crippen molar-refractivity contribution in [3.63, 3.8) is 0 Å². The molecule has 0 radical (unpaired) electrons. The van der Waals surface area contributed by atoms with E-state index in [4.69, 9.17) is 9.47 Å². The molecule has 0 heterocycles. The maximum absolute atomic E-state index is 12.1. The van der Waals surface area contributed by atoms with Crippen molar-refractivity contribution in [1.29, 1.82) is 0 Å². The van der Waals surface area contributed by atoms with Gasteiger partial charge in [0.05, 0.1) is 8.95 Å². The second-order valence-electron chi connectivity index (χ2n) is 12.8. The Labute approximate surface area is 283 Å². The molecule has 4 N–H and O–H groups in total. The first-order valence-electron chi connectivity index (χ1n) is 15.1. The summed E-state index contributed by atoms with van der Waals surface area (Å²) in [5, 5.41) is 0.